The molecule has 1 saturated heterocycles. The standard InChI is InChI=1S/C18H19ClN2O2S/c1-11-8-12(2-3-15(11)19)14-10-20-18(22)17-13(14)9-16(24-17)21-4-6-23-7-5-21/h2-3,8-9,14H,4-7,10H2,1H3,(H,20,22). The Bertz CT molecular complexity index is 783. The molecule has 126 valence electrons. The molecule has 6 heteroatoms. The molecule has 0 aliphatic carbocycles. The molecule has 3 heterocycles. The molecule has 4 nitrogen and oxygen atoms in total. The average molecular weight is 363 g/mol. The van der Waals surface area contributed by atoms with E-state index >= 15 is 0 Å². The molecule has 0 radical (unpaired) electrons. The highest BCUT2D eigenvalue weighted by Gasteiger charge is 2.30. The van der Waals surface area contributed by atoms with Gasteiger partial charge in [0.1, 0.15) is 0 Å². The van der Waals surface area contributed by atoms with Crippen LogP contribution in [0.15, 0.2) is 24.3 Å². The SMILES string of the molecule is Cc1cc(C2CNC(=O)c3sc(N4CCOCC4)cc32)ccc1Cl. The summed E-state index contributed by atoms with van der Waals surface area (Å²) in [5.41, 5.74) is 3.40. The second kappa shape index (κ2) is 6.39. The minimum absolute atomic E-state index is 0.0384. The summed E-state index contributed by atoms with van der Waals surface area (Å²) >= 11 is 7.75. The summed E-state index contributed by atoms with van der Waals surface area (Å²) < 4.78 is 5.43. The van der Waals surface area contributed by atoms with Crippen molar-refractivity contribution in [1.29, 1.82) is 0 Å². The molecule has 2 aliphatic heterocycles. The third kappa shape index (κ3) is 2.81. The first-order valence-electron chi connectivity index (χ1n) is 8.14. The fourth-order valence-corrected chi connectivity index (χ4v) is 4.64. The number of amides is 1. The van der Waals surface area contributed by atoms with E-state index in [9.17, 15) is 4.79 Å². The second-order valence-corrected chi connectivity index (χ2v) is 7.68. The third-order valence-electron chi connectivity index (χ3n) is 4.70. The number of thiophene rings is 1. The molecule has 1 aromatic carbocycles. The predicted molar refractivity (Wildman–Crippen MR) is 97.7 cm³/mol. The first-order chi connectivity index (χ1) is 11.6. The molecule has 1 unspecified atom stereocenters. The number of carbonyl (C=O) groups excluding carboxylic acids is 1. The molecular formula is C18H19ClN2O2S. The van der Waals surface area contributed by atoms with Gasteiger partial charge in [-0.3, -0.25) is 4.79 Å². The van der Waals surface area contributed by atoms with E-state index in [-0.39, 0.29) is 11.8 Å². The van der Waals surface area contributed by atoms with Crippen LogP contribution in [0.1, 0.15) is 32.3 Å². The molecule has 2 aromatic rings. The summed E-state index contributed by atoms with van der Waals surface area (Å²) in [4.78, 5) is 15.5. The highest BCUT2D eigenvalue weighted by Crippen LogP contribution is 2.40. The summed E-state index contributed by atoms with van der Waals surface area (Å²) in [5.74, 6) is 0.219. The first-order valence-corrected chi connectivity index (χ1v) is 9.33. The lowest BCUT2D eigenvalue weighted by Crippen LogP contribution is -2.35. The van der Waals surface area contributed by atoms with E-state index in [0.29, 0.717) is 6.54 Å². The Morgan fingerprint density at radius 2 is 2.08 bits per heavy atom. The molecule has 1 fully saturated rings. The van der Waals surface area contributed by atoms with Gasteiger partial charge in [0.05, 0.1) is 23.1 Å². The number of benzene rings is 1. The highest BCUT2D eigenvalue weighted by molar-refractivity contribution is 7.18. The summed E-state index contributed by atoms with van der Waals surface area (Å²) in [6.45, 7) is 5.90. The van der Waals surface area contributed by atoms with E-state index in [0.717, 1.165) is 52.3 Å². The fraction of sp³-hybridized carbons (Fsp3) is 0.389. The quantitative estimate of drug-likeness (QED) is 0.890. The normalized spacial score (nSPS) is 20.7. The molecule has 0 saturated carbocycles. The third-order valence-corrected chi connectivity index (χ3v) is 6.34. The number of halogens is 1. The number of morpholine rings is 1. The minimum atomic E-state index is 0.0384. The van der Waals surface area contributed by atoms with Crippen LogP contribution in [0, 0.1) is 6.92 Å². The maximum Gasteiger partial charge on any atom is 0.261 e. The number of fused-ring (bicyclic) bond motifs is 1. The average Bonchev–Trinajstić information content (AvgIpc) is 3.05. The molecule has 0 spiro atoms. The van der Waals surface area contributed by atoms with E-state index < -0.39 is 0 Å². The summed E-state index contributed by atoms with van der Waals surface area (Å²) in [6, 6.07) is 8.32. The van der Waals surface area contributed by atoms with E-state index in [1.807, 2.05) is 13.0 Å². The van der Waals surface area contributed by atoms with Gasteiger partial charge in [-0.05, 0) is 35.7 Å². The number of carbonyl (C=O) groups is 1. The van der Waals surface area contributed by atoms with Crippen molar-refractivity contribution in [2.24, 2.45) is 0 Å². The Balaban J connectivity index is 1.72. The lowest BCUT2D eigenvalue weighted by atomic mass is 9.88. The fourth-order valence-electron chi connectivity index (χ4n) is 3.33. The van der Waals surface area contributed by atoms with Crippen molar-refractivity contribution in [2.45, 2.75) is 12.8 Å². The van der Waals surface area contributed by atoms with Crippen LogP contribution in [0.25, 0.3) is 0 Å². The van der Waals surface area contributed by atoms with Crippen molar-refractivity contribution >= 4 is 33.8 Å². The van der Waals surface area contributed by atoms with Crippen LogP contribution in [0.2, 0.25) is 5.02 Å². The van der Waals surface area contributed by atoms with E-state index in [1.54, 1.807) is 11.3 Å². The van der Waals surface area contributed by atoms with Gasteiger partial charge in [-0.15, -0.1) is 11.3 Å². The van der Waals surface area contributed by atoms with Crippen LogP contribution < -0.4 is 10.2 Å². The van der Waals surface area contributed by atoms with Crippen molar-refractivity contribution in [3.63, 3.8) is 0 Å². The van der Waals surface area contributed by atoms with E-state index in [2.05, 4.69) is 28.4 Å². The summed E-state index contributed by atoms with van der Waals surface area (Å²) in [6.07, 6.45) is 0. The first kappa shape index (κ1) is 15.9. The van der Waals surface area contributed by atoms with Gasteiger partial charge in [-0.25, -0.2) is 0 Å². The maximum absolute atomic E-state index is 12.3. The molecule has 4 rings (SSSR count). The number of anilines is 1. The van der Waals surface area contributed by atoms with Gasteiger partial charge < -0.3 is 15.0 Å². The zero-order chi connectivity index (χ0) is 16.7. The van der Waals surface area contributed by atoms with Crippen LogP contribution in [-0.2, 0) is 4.74 Å². The number of aryl methyl sites for hydroxylation is 1. The smallest absolute Gasteiger partial charge is 0.261 e. The Morgan fingerprint density at radius 1 is 1.29 bits per heavy atom. The molecule has 1 amide bonds. The summed E-state index contributed by atoms with van der Waals surface area (Å²) in [5, 5.41) is 4.97. The van der Waals surface area contributed by atoms with Crippen LogP contribution in [0.5, 0.6) is 0 Å². The van der Waals surface area contributed by atoms with Gasteiger partial charge in [0, 0.05) is 30.6 Å². The summed E-state index contributed by atoms with van der Waals surface area (Å²) in [7, 11) is 0. The van der Waals surface area contributed by atoms with Gasteiger partial charge in [-0.1, -0.05) is 23.7 Å². The van der Waals surface area contributed by atoms with Crippen LogP contribution in [0.3, 0.4) is 0 Å². The van der Waals surface area contributed by atoms with E-state index in [4.69, 9.17) is 16.3 Å². The molecule has 24 heavy (non-hydrogen) atoms. The molecule has 1 atom stereocenters. The van der Waals surface area contributed by atoms with Gasteiger partial charge in [0.15, 0.2) is 0 Å². The van der Waals surface area contributed by atoms with Crippen molar-refractivity contribution in [1.82, 2.24) is 5.32 Å². The minimum Gasteiger partial charge on any atom is -0.378 e. The van der Waals surface area contributed by atoms with Crippen molar-refractivity contribution in [2.75, 3.05) is 37.7 Å². The molecule has 1 aromatic heterocycles. The molecular weight excluding hydrogens is 344 g/mol. The Kier molecular flexibility index (Phi) is 4.24. The monoisotopic (exact) mass is 362 g/mol. The molecule has 0 bridgehead atoms. The van der Waals surface area contributed by atoms with Crippen LogP contribution in [0.4, 0.5) is 5.00 Å². The molecule has 2 aliphatic rings. The lowest BCUT2D eigenvalue weighted by molar-refractivity contribution is 0.0947. The number of hydrogen-bond acceptors (Lipinski definition) is 4. The highest BCUT2D eigenvalue weighted by atomic mass is 35.5. The number of hydrogen-bond donors (Lipinski definition) is 1. The number of nitrogens with one attached hydrogen (secondary N) is 1. The Morgan fingerprint density at radius 3 is 2.83 bits per heavy atom. The topological polar surface area (TPSA) is 41.6 Å². The van der Waals surface area contributed by atoms with Crippen molar-refractivity contribution < 1.29 is 9.53 Å². The van der Waals surface area contributed by atoms with Crippen LogP contribution in [-0.4, -0.2) is 38.8 Å². The largest absolute Gasteiger partial charge is 0.378 e. The van der Waals surface area contributed by atoms with Gasteiger partial charge in [0.2, 0.25) is 0 Å². The lowest BCUT2D eigenvalue weighted by Gasteiger charge is -2.27. The predicted octanol–water partition coefficient (Wildman–Crippen LogP) is 3.42. The van der Waals surface area contributed by atoms with Gasteiger partial charge in [0.25, 0.3) is 5.91 Å². The Labute approximate surface area is 150 Å². The second-order valence-electron chi connectivity index (χ2n) is 6.24. The van der Waals surface area contributed by atoms with Crippen molar-refractivity contribution in [3.8, 4) is 0 Å². The number of ether oxygens (including phenoxy) is 1. The number of nitrogens with zero attached hydrogens (tertiary/aromatic N) is 1. The zero-order valence-electron chi connectivity index (χ0n) is 13.5. The zero-order valence-corrected chi connectivity index (χ0v) is 15.0. The van der Waals surface area contributed by atoms with Gasteiger partial charge in [-0.2, -0.15) is 0 Å². The van der Waals surface area contributed by atoms with E-state index in [1.165, 1.54) is 5.56 Å². The van der Waals surface area contributed by atoms with Gasteiger partial charge >= 0.3 is 0 Å². The number of rotatable bonds is 2. The van der Waals surface area contributed by atoms with Crippen LogP contribution >= 0.6 is 22.9 Å². The van der Waals surface area contributed by atoms with Crippen molar-refractivity contribution in [3.05, 3.63) is 50.9 Å². The Hall–Kier alpha value is -1.56. The maximum atomic E-state index is 12.3. The molecule has 1 N–H and O–H groups in total.